The lowest BCUT2D eigenvalue weighted by molar-refractivity contribution is 0.315. The van der Waals surface area contributed by atoms with E-state index >= 15 is 0 Å². The molecule has 1 unspecified atom stereocenters. The molecule has 1 atom stereocenters. The molecule has 1 heterocycles. The number of hydrogen-bond donors (Lipinski definition) is 1. The normalized spacial score (nSPS) is 12.2. The minimum absolute atomic E-state index is 0.0650. The number of ether oxygens (including phenoxy) is 1. The predicted octanol–water partition coefficient (Wildman–Crippen LogP) is 3.73. The molecule has 0 fully saturated rings. The first kappa shape index (κ1) is 15.5. The van der Waals surface area contributed by atoms with Crippen LogP contribution in [0.2, 0.25) is 0 Å². The first-order chi connectivity index (χ1) is 10.1. The molecule has 2 N–H and O–H groups in total. The van der Waals surface area contributed by atoms with Gasteiger partial charge in [0.25, 0.3) is 0 Å². The molecule has 3 heteroatoms. The van der Waals surface area contributed by atoms with Gasteiger partial charge in [0.05, 0.1) is 12.8 Å². The summed E-state index contributed by atoms with van der Waals surface area (Å²) in [7, 11) is 0. The fourth-order valence-corrected chi connectivity index (χ4v) is 2.24. The maximum atomic E-state index is 6.32. The van der Waals surface area contributed by atoms with Crippen molar-refractivity contribution in [3.8, 4) is 5.75 Å². The lowest BCUT2D eigenvalue weighted by Gasteiger charge is -2.14. The second-order valence-electron chi connectivity index (χ2n) is 5.53. The van der Waals surface area contributed by atoms with E-state index < -0.39 is 0 Å². The molecule has 0 amide bonds. The highest BCUT2D eigenvalue weighted by Crippen LogP contribution is 2.21. The molecule has 0 saturated heterocycles. The SMILES string of the molecule is CCCOc1cncc(C(N)Cc2ccc(C)c(C)c2)c1. The number of benzene rings is 1. The van der Waals surface area contributed by atoms with Gasteiger partial charge in [-0.25, -0.2) is 0 Å². The monoisotopic (exact) mass is 284 g/mol. The lowest BCUT2D eigenvalue weighted by atomic mass is 9.98. The number of aromatic nitrogens is 1. The summed E-state index contributed by atoms with van der Waals surface area (Å²) in [6, 6.07) is 8.43. The van der Waals surface area contributed by atoms with E-state index in [4.69, 9.17) is 10.5 Å². The third-order valence-corrected chi connectivity index (χ3v) is 3.66. The summed E-state index contributed by atoms with van der Waals surface area (Å²) in [6.07, 6.45) is 5.35. The topological polar surface area (TPSA) is 48.1 Å². The molecule has 1 aromatic heterocycles. The Labute approximate surface area is 127 Å². The van der Waals surface area contributed by atoms with Crippen LogP contribution in [0.1, 0.15) is 41.6 Å². The molecule has 2 aromatic rings. The van der Waals surface area contributed by atoms with Crippen molar-refractivity contribution < 1.29 is 4.74 Å². The van der Waals surface area contributed by atoms with Crippen LogP contribution in [0.5, 0.6) is 5.75 Å². The Balaban J connectivity index is 2.08. The van der Waals surface area contributed by atoms with Crippen molar-refractivity contribution in [1.82, 2.24) is 4.98 Å². The van der Waals surface area contributed by atoms with Crippen LogP contribution in [-0.2, 0) is 6.42 Å². The summed E-state index contributed by atoms with van der Waals surface area (Å²) in [6.45, 7) is 7.04. The van der Waals surface area contributed by atoms with E-state index in [9.17, 15) is 0 Å². The van der Waals surface area contributed by atoms with Gasteiger partial charge in [-0.1, -0.05) is 25.1 Å². The number of pyridine rings is 1. The molecule has 0 aliphatic heterocycles. The van der Waals surface area contributed by atoms with E-state index in [-0.39, 0.29) is 6.04 Å². The Hall–Kier alpha value is -1.87. The van der Waals surface area contributed by atoms with Crippen LogP contribution < -0.4 is 10.5 Å². The van der Waals surface area contributed by atoms with Crippen molar-refractivity contribution in [1.29, 1.82) is 0 Å². The van der Waals surface area contributed by atoms with E-state index in [0.717, 1.165) is 24.2 Å². The Bertz CT molecular complexity index is 596. The predicted molar refractivity (Wildman–Crippen MR) is 86.6 cm³/mol. The number of nitrogens with zero attached hydrogens (tertiary/aromatic N) is 1. The van der Waals surface area contributed by atoms with Crippen LogP contribution >= 0.6 is 0 Å². The summed E-state index contributed by atoms with van der Waals surface area (Å²) < 4.78 is 5.61. The Morgan fingerprint density at radius 2 is 1.95 bits per heavy atom. The summed E-state index contributed by atoms with van der Waals surface area (Å²) >= 11 is 0. The Kier molecular flexibility index (Phi) is 5.34. The average molecular weight is 284 g/mol. The molecule has 0 aliphatic carbocycles. The third kappa shape index (κ3) is 4.30. The van der Waals surface area contributed by atoms with E-state index in [2.05, 4.69) is 44.0 Å². The molecule has 0 aliphatic rings. The van der Waals surface area contributed by atoms with Gasteiger partial charge in [-0.2, -0.15) is 0 Å². The fraction of sp³-hybridized carbons (Fsp3) is 0.389. The molecule has 1 aromatic carbocycles. The van der Waals surface area contributed by atoms with Crippen molar-refractivity contribution in [2.75, 3.05) is 6.61 Å². The zero-order valence-electron chi connectivity index (χ0n) is 13.1. The minimum Gasteiger partial charge on any atom is -0.492 e. The van der Waals surface area contributed by atoms with Crippen LogP contribution in [0.3, 0.4) is 0 Å². The summed E-state index contributed by atoms with van der Waals surface area (Å²) in [5.74, 6) is 0.796. The molecular weight excluding hydrogens is 260 g/mol. The fourth-order valence-electron chi connectivity index (χ4n) is 2.24. The van der Waals surface area contributed by atoms with E-state index in [1.165, 1.54) is 16.7 Å². The standard InChI is InChI=1S/C18H24N2O/c1-4-7-21-17-10-16(11-20-12-17)18(19)9-15-6-5-13(2)14(3)8-15/h5-6,8,10-12,18H,4,7,9,19H2,1-3H3. The summed E-state index contributed by atoms with van der Waals surface area (Å²) in [4.78, 5) is 4.23. The van der Waals surface area contributed by atoms with Crippen molar-refractivity contribution >= 4 is 0 Å². The van der Waals surface area contributed by atoms with Crippen LogP contribution in [0, 0.1) is 13.8 Å². The van der Waals surface area contributed by atoms with E-state index in [1.807, 2.05) is 12.3 Å². The smallest absolute Gasteiger partial charge is 0.137 e. The van der Waals surface area contributed by atoms with Crippen molar-refractivity contribution in [2.45, 2.75) is 39.7 Å². The van der Waals surface area contributed by atoms with Gasteiger partial charge in [-0.05, 0) is 55.0 Å². The van der Waals surface area contributed by atoms with Gasteiger partial charge in [0.1, 0.15) is 5.75 Å². The molecule has 0 bridgehead atoms. The Morgan fingerprint density at radius 3 is 2.67 bits per heavy atom. The van der Waals surface area contributed by atoms with Gasteiger partial charge in [-0.15, -0.1) is 0 Å². The summed E-state index contributed by atoms with van der Waals surface area (Å²) in [5, 5.41) is 0. The highest BCUT2D eigenvalue weighted by atomic mass is 16.5. The zero-order chi connectivity index (χ0) is 15.2. The van der Waals surface area contributed by atoms with Crippen LogP contribution in [-0.4, -0.2) is 11.6 Å². The average Bonchev–Trinajstić information content (AvgIpc) is 2.49. The van der Waals surface area contributed by atoms with Crippen molar-refractivity contribution in [3.63, 3.8) is 0 Å². The van der Waals surface area contributed by atoms with E-state index in [1.54, 1.807) is 6.20 Å². The first-order valence-electron chi connectivity index (χ1n) is 7.49. The second kappa shape index (κ2) is 7.23. The molecule has 21 heavy (non-hydrogen) atoms. The maximum absolute atomic E-state index is 6.32. The van der Waals surface area contributed by atoms with Gasteiger partial charge in [0.15, 0.2) is 0 Å². The number of aryl methyl sites for hydroxylation is 2. The molecule has 0 radical (unpaired) electrons. The number of nitrogens with two attached hydrogens (primary N) is 1. The highest BCUT2D eigenvalue weighted by Gasteiger charge is 2.09. The molecule has 0 spiro atoms. The van der Waals surface area contributed by atoms with Crippen LogP contribution in [0.15, 0.2) is 36.7 Å². The number of hydrogen-bond acceptors (Lipinski definition) is 3. The summed E-state index contributed by atoms with van der Waals surface area (Å²) in [5.41, 5.74) is 11.2. The third-order valence-electron chi connectivity index (χ3n) is 3.66. The molecular formula is C18H24N2O. The first-order valence-corrected chi connectivity index (χ1v) is 7.49. The number of rotatable bonds is 6. The molecule has 3 nitrogen and oxygen atoms in total. The van der Waals surface area contributed by atoms with Gasteiger partial charge in [0, 0.05) is 12.2 Å². The van der Waals surface area contributed by atoms with Crippen LogP contribution in [0.25, 0.3) is 0 Å². The van der Waals surface area contributed by atoms with Gasteiger partial charge in [0.2, 0.25) is 0 Å². The molecule has 2 rings (SSSR count). The van der Waals surface area contributed by atoms with Crippen molar-refractivity contribution in [2.24, 2.45) is 5.73 Å². The van der Waals surface area contributed by atoms with Crippen LogP contribution in [0.4, 0.5) is 0 Å². The molecule has 0 saturated carbocycles. The van der Waals surface area contributed by atoms with Gasteiger partial charge < -0.3 is 10.5 Å². The Morgan fingerprint density at radius 1 is 1.14 bits per heavy atom. The van der Waals surface area contributed by atoms with Crippen molar-refractivity contribution in [3.05, 3.63) is 58.9 Å². The highest BCUT2D eigenvalue weighted by molar-refractivity contribution is 5.32. The lowest BCUT2D eigenvalue weighted by Crippen LogP contribution is -2.14. The van der Waals surface area contributed by atoms with Gasteiger partial charge in [-0.3, -0.25) is 4.98 Å². The second-order valence-corrected chi connectivity index (χ2v) is 5.53. The zero-order valence-corrected chi connectivity index (χ0v) is 13.1. The van der Waals surface area contributed by atoms with E-state index in [0.29, 0.717) is 6.61 Å². The largest absolute Gasteiger partial charge is 0.492 e. The minimum atomic E-state index is -0.0650. The quantitative estimate of drug-likeness (QED) is 0.879. The molecule has 112 valence electrons. The maximum Gasteiger partial charge on any atom is 0.137 e. The van der Waals surface area contributed by atoms with Gasteiger partial charge >= 0.3 is 0 Å².